The van der Waals surface area contributed by atoms with Crippen LogP contribution in [0.5, 0.6) is 0 Å². The number of imidazole rings is 1. The first-order valence-corrected chi connectivity index (χ1v) is 30.7. The second-order valence-corrected chi connectivity index (χ2v) is 22.4. The molecule has 2 heterocycles. The van der Waals surface area contributed by atoms with Crippen LogP contribution in [0.15, 0.2) is 67.1 Å². The number of nitrogens with zero attached hydrogens (tertiary/aromatic N) is 5. The van der Waals surface area contributed by atoms with Crippen LogP contribution >= 0.6 is 12.2 Å². The molecule has 37 heteroatoms. The number of hydrogen-bond acceptors (Lipinski definition) is 22. The highest BCUT2D eigenvalue weighted by Crippen LogP contribution is 2.16. The monoisotopic (exact) mass is 1370 g/mol. The third-order valence-electron chi connectivity index (χ3n) is 14.6. The third kappa shape index (κ3) is 30.4. The zero-order valence-electron chi connectivity index (χ0n) is 52.6. The van der Waals surface area contributed by atoms with Crippen LogP contribution in [0.4, 0.5) is 5.69 Å². The number of aromatic nitrogens is 2. The maximum atomic E-state index is 13.8. The van der Waals surface area contributed by atoms with Crippen molar-refractivity contribution in [3.63, 3.8) is 0 Å². The van der Waals surface area contributed by atoms with E-state index in [-0.39, 0.29) is 128 Å². The molecule has 1 aliphatic rings. The molecule has 4 rings (SSSR count). The fourth-order valence-electron chi connectivity index (χ4n) is 9.60. The number of hydrogen-bond donors (Lipinski definition) is 17. The number of aliphatic hydroxyl groups is 2. The van der Waals surface area contributed by atoms with Gasteiger partial charge in [0.05, 0.1) is 71.1 Å². The van der Waals surface area contributed by atoms with Gasteiger partial charge in [-0.2, -0.15) is 0 Å². The van der Waals surface area contributed by atoms with Gasteiger partial charge in [-0.15, -0.1) is 0 Å². The van der Waals surface area contributed by atoms with E-state index >= 15 is 0 Å². The average molecular weight is 1370 g/mol. The molecule has 528 valence electrons. The van der Waals surface area contributed by atoms with Gasteiger partial charge in [-0.1, -0.05) is 42.5 Å². The summed E-state index contributed by atoms with van der Waals surface area (Å²) in [4.78, 5) is 165. The largest absolute Gasteiger partial charge is 0.481 e. The molecule has 1 fully saturated rings. The first-order chi connectivity index (χ1) is 45.7. The van der Waals surface area contributed by atoms with Crippen LogP contribution in [0.1, 0.15) is 36.6 Å². The molecule has 36 nitrogen and oxygen atoms in total. The number of aliphatic carboxylic acids is 6. The van der Waals surface area contributed by atoms with E-state index in [1.54, 1.807) is 74.2 Å². The zero-order valence-corrected chi connectivity index (χ0v) is 53.4. The van der Waals surface area contributed by atoms with Crippen molar-refractivity contribution in [1.29, 1.82) is 0 Å². The Hall–Kier alpha value is -9.34. The van der Waals surface area contributed by atoms with Crippen LogP contribution in [-0.2, 0) is 86.3 Å². The molecule has 7 atom stereocenters. The molecule has 0 radical (unpaired) electrons. The summed E-state index contributed by atoms with van der Waals surface area (Å²) in [6, 6.07) is 4.52. The number of benzene rings is 2. The number of anilines is 1. The van der Waals surface area contributed by atoms with E-state index in [1.807, 2.05) is 0 Å². The predicted octanol–water partition coefficient (Wildman–Crippen LogP) is -5.45. The Morgan fingerprint density at radius 2 is 1.06 bits per heavy atom. The predicted molar refractivity (Wildman–Crippen MR) is 340 cm³/mol. The molecule has 1 saturated heterocycles. The molecule has 1 aliphatic heterocycles. The first-order valence-electron chi connectivity index (χ1n) is 30.3. The minimum absolute atomic E-state index is 0.00619. The Morgan fingerprint density at radius 1 is 0.552 bits per heavy atom. The molecule has 17 N–H and O–H groups in total. The van der Waals surface area contributed by atoms with Gasteiger partial charge in [0, 0.05) is 83.6 Å². The van der Waals surface area contributed by atoms with E-state index in [2.05, 4.69) is 52.5 Å². The van der Waals surface area contributed by atoms with Crippen molar-refractivity contribution in [2.45, 2.75) is 81.3 Å². The maximum Gasteiger partial charge on any atom is 0.328 e. The molecule has 0 aliphatic carbocycles. The Labute approximate surface area is 555 Å². The van der Waals surface area contributed by atoms with E-state index in [0.29, 0.717) is 17.7 Å². The highest BCUT2D eigenvalue weighted by Gasteiger charge is 2.34. The van der Waals surface area contributed by atoms with Crippen molar-refractivity contribution in [2.75, 3.05) is 123 Å². The van der Waals surface area contributed by atoms with E-state index in [9.17, 15) is 98.4 Å². The number of carboxylic acid groups (broad SMARTS) is 6. The van der Waals surface area contributed by atoms with Crippen LogP contribution in [0, 0.1) is 0 Å². The van der Waals surface area contributed by atoms with Gasteiger partial charge in [0.2, 0.25) is 35.4 Å². The van der Waals surface area contributed by atoms with Crippen molar-refractivity contribution in [3.8, 4) is 0 Å². The molecule has 3 aromatic rings. The number of aliphatic hydroxyl groups excluding tert-OH is 2. The fraction of sp³-hybridized carbons (Fsp3) is 0.525. The summed E-state index contributed by atoms with van der Waals surface area (Å²) in [5.74, 6) is -13.7. The molecule has 0 bridgehead atoms. The van der Waals surface area contributed by atoms with Crippen molar-refractivity contribution >= 4 is 94.3 Å². The van der Waals surface area contributed by atoms with Gasteiger partial charge in [-0.3, -0.25) is 72.3 Å². The minimum Gasteiger partial charge on any atom is -0.481 e. The lowest BCUT2D eigenvalue weighted by Gasteiger charge is -2.35. The standard InChI is InChI=1S/C59H84N14O22S/c1-36(52(85)66-42(26-40-28-60-35-62-40)55(88)68-44(32-74)56(89)67-41(25-38-5-3-2-4-6-38)54(87)69-45(33-75)57(90)91)63-53(86)43(27-48(77)78)65-47(76)34-95-24-23-94-22-13-61-59(96)64-39-10-7-37(8-11-39)9-12-46(58(92)93)73-20-18-71(30-50(81)82)16-14-70(29-49(79)80)15-17-72(19-21-73)31-51(83)84/h2-8,10-11,28,35-36,41-46,74-75H,9,12-27,29-34H2,1H3,(H,60,62)(H,63,86)(H,65,76)(H,66,85)(H,67,89)(H,68,88)(H,69,87)(H,77,78)(H,79,80)(H,81,82)(H,83,84)(H,90,91)(H,92,93)(H2,61,64,96)/t36-,41-,42-,43-,44-,45-,46?/m0/s1. The number of carbonyl (C=O) groups excluding carboxylic acids is 6. The molecule has 1 unspecified atom stereocenters. The summed E-state index contributed by atoms with van der Waals surface area (Å²) in [5.41, 5.74) is 2.16. The third-order valence-corrected chi connectivity index (χ3v) is 14.9. The number of rotatable bonds is 40. The number of carbonyl (C=O) groups is 12. The van der Waals surface area contributed by atoms with E-state index in [4.69, 9.17) is 21.7 Å². The van der Waals surface area contributed by atoms with Gasteiger partial charge in [0.15, 0.2) is 5.11 Å². The smallest absolute Gasteiger partial charge is 0.328 e. The Balaban J connectivity index is 1.21. The first kappa shape index (κ1) is 79.1. The Morgan fingerprint density at radius 3 is 1.58 bits per heavy atom. The van der Waals surface area contributed by atoms with Gasteiger partial charge in [0.25, 0.3) is 0 Å². The Kier molecular flexibility index (Phi) is 34.7. The number of aromatic amines is 1. The molecular formula is C59H84N14O22S. The topological polar surface area (TPSA) is 523 Å². The summed E-state index contributed by atoms with van der Waals surface area (Å²) in [5, 5.41) is 97.6. The Bertz CT molecular complexity index is 3030. The van der Waals surface area contributed by atoms with Crippen molar-refractivity contribution in [3.05, 3.63) is 83.9 Å². The molecule has 2 aromatic carbocycles. The van der Waals surface area contributed by atoms with Crippen molar-refractivity contribution in [1.82, 2.24) is 66.8 Å². The summed E-state index contributed by atoms with van der Waals surface area (Å²) < 4.78 is 10.9. The molecule has 96 heavy (non-hydrogen) atoms. The average Bonchev–Trinajstić information content (AvgIpc) is 1.26. The lowest BCUT2D eigenvalue weighted by atomic mass is 10.0. The maximum absolute atomic E-state index is 13.8. The van der Waals surface area contributed by atoms with Crippen molar-refractivity contribution in [2.24, 2.45) is 0 Å². The van der Waals surface area contributed by atoms with E-state index in [1.165, 1.54) is 19.4 Å². The molecule has 0 saturated carbocycles. The highest BCUT2D eigenvalue weighted by atomic mass is 32.1. The van der Waals surface area contributed by atoms with Crippen LogP contribution in [0.2, 0.25) is 0 Å². The fourth-order valence-corrected chi connectivity index (χ4v) is 9.82. The number of carboxylic acids is 6. The number of ether oxygens (including phenoxy) is 2. The van der Waals surface area contributed by atoms with Gasteiger partial charge in [0.1, 0.15) is 48.9 Å². The second kappa shape index (κ2) is 42.2. The lowest BCUT2D eigenvalue weighted by molar-refractivity contribution is -0.145. The lowest BCUT2D eigenvalue weighted by Crippen LogP contribution is -2.60. The molecular weight excluding hydrogens is 1290 g/mol. The number of thiocarbonyl (C=S) groups is 1. The van der Waals surface area contributed by atoms with E-state index < -0.39 is 140 Å². The number of amides is 6. The number of aryl methyl sites for hydroxylation is 1. The quantitative estimate of drug-likeness (QED) is 0.0187. The van der Waals surface area contributed by atoms with Crippen LogP contribution in [-0.4, -0.2) is 307 Å². The highest BCUT2D eigenvalue weighted by molar-refractivity contribution is 7.80. The summed E-state index contributed by atoms with van der Waals surface area (Å²) in [6.45, 7) is -0.882. The van der Waals surface area contributed by atoms with Crippen molar-refractivity contribution < 1.29 is 108 Å². The summed E-state index contributed by atoms with van der Waals surface area (Å²) in [6.07, 6.45) is 1.73. The van der Waals surface area contributed by atoms with Gasteiger partial charge in [-0.05, 0) is 55.2 Å². The minimum atomic E-state index is -1.76. The van der Waals surface area contributed by atoms with Crippen LogP contribution in [0.25, 0.3) is 0 Å². The summed E-state index contributed by atoms with van der Waals surface area (Å²) in [7, 11) is 0. The molecule has 0 spiro atoms. The second-order valence-electron chi connectivity index (χ2n) is 22.0. The number of H-pyrrole nitrogens is 1. The SMILES string of the molecule is C[C@H](NC(=O)[C@H](CC(=O)O)NC(=O)COCCOCCNC(=S)Nc1ccc(CCC(C(=O)O)N2CCN(CC(=O)O)CCN(CC(=O)O)CCN(CC(=O)O)CC2)cc1)C(=O)N[C@@H](Cc1c[nH]cn1)C(=O)N[C@@H](CO)C(=O)N[C@@H](Cc1ccccc1)C(=O)N[C@@H](CO)C(=O)O. The van der Waals surface area contributed by atoms with Crippen LogP contribution in [0.3, 0.4) is 0 Å². The van der Waals surface area contributed by atoms with Gasteiger partial charge in [-0.25, -0.2) is 9.78 Å². The summed E-state index contributed by atoms with van der Waals surface area (Å²) >= 11 is 5.41. The zero-order chi connectivity index (χ0) is 70.7. The normalized spacial score (nSPS) is 15.7. The van der Waals surface area contributed by atoms with Gasteiger partial charge < -0.3 is 97.8 Å². The van der Waals surface area contributed by atoms with Gasteiger partial charge >= 0.3 is 35.8 Å². The van der Waals surface area contributed by atoms with E-state index in [0.717, 1.165) is 5.56 Å². The molecule has 6 amide bonds. The van der Waals surface area contributed by atoms with Crippen LogP contribution < -0.4 is 42.5 Å². The molecule has 1 aromatic heterocycles. The number of nitrogens with one attached hydrogen (secondary N) is 9.